The molecule has 166 valence electrons. The number of thiazole rings is 1. The lowest BCUT2D eigenvalue weighted by molar-refractivity contribution is -0.142. The number of nitrogens with zero attached hydrogens (tertiary/aromatic N) is 3. The van der Waals surface area contributed by atoms with E-state index >= 15 is 0 Å². The second-order valence-electron chi connectivity index (χ2n) is 6.53. The van der Waals surface area contributed by atoms with Crippen LogP contribution in [0.15, 0.2) is 30.5 Å². The van der Waals surface area contributed by atoms with Crippen molar-refractivity contribution in [2.75, 3.05) is 23.1 Å². The first kappa shape index (κ1) is 23.1. The second-order valence-corrected chi connectivity index (χ2v) is 7.97. The van der Waals surface area contributed by atoms with E-state index in [4.69, 9.17) is 11.6 Å². The Morgan fingerprint density at radius 2 is 1.88 bits per heavy atom. The number of esters is 1. The predicted molar refractivity (Wildman–Crippen MR) is 122 cm³/mol. The van der Waals surface area contributed by atoms with Crippen LogP contribution in [-0.2, 0) is 14.3 Å². The zero-order valence-electron chi connectivity index (χ0n) is 17.4. The summed E-state index contributed by atoms with van der Waals surface area (Å²) in [5.41, 5.74) is 1.38. The van der Waals surface area contributed by atoms with Gasteiger partial charge in [-0.05, 0) is 25.5 Å². The van der Waals surface area contributed by atoms with Gasteiger partial charge in [0.2, 0.25) is 5.91 Å². The van der Waals surface area contributed by atoms with Crippen molar-refractivity contribution < 1.29 is 19.1 Å². The van der Waals surface area contributed by atoms with E-state index in [-0.39, 0.29) is 11.7 Å². The summed E-state index contributed by atoms with van der Waals surface area (Å²) in [6.07, 6.45) is 1.000. The highest BCUT2D eigenvalue weighted by atomic mass is 35.5. The van der Waals surface area contributed by atoms with Gasteiger partial charge >= 0.3 is 5.97 Å². The largest absolute Gasteiger partial charge is 0.469 e. The summed E-state index contributed by atoms with van der Waals surface area (Å²) in [4.78, 5) is 48.6. The smallest absolute Gasteiger partial charge is 0.315 e. The third-order valence-corrected chi connectivity index (χ3v) is 5.29. The van der Waals surface area contributed by atoms with E-state index in [0.717, 1.165) is 16.9 Å². The number of ether oxygens (including phenoxy) is 1. The van der Waals surface area contributed by atoms with Gasteiger partial charge in [0, 0.05) is 6.07 Å². The fourth-order valence-corrected chi connectivity index (χ4v) is 3.59. The van der Waals surface area contributed by atoms with Crippen LogP contribution in [0.4, 0.5) is 22.5 Å². The summed E-state index contributed by atoms with van der Waals surface area (Å²) in [5.74, 6) is -0.628. The van der Waals surface area contributed by atoms with E-state index in [1.807, 2.05) is 13.0 Å². The molecule has 2 aromatic heterocycles. The predicted octanol–water partition coefficient (Wildman–Crippen LogP) is 3.70. The van der Waals surface area contributed by atoms with Gasteiger partial charge in [0.15, 0.2) is 5.13 Å². The van der Waals surface area contributed by atoms with E-state index in [1.165, 1.54) is 19.4 Å². The summed E-state index contributed by atoms with van der Waals surface area (Å²) in [6.45, 7) is 3.49. The minimum Gasteiger partial charge on any atom is -0.469 e. The Morgan fingerprint density at radius 1 is 1.12 bits per heavy atom. The van der Waals surface area contributed by atoms with Crippen LogP contribution in [0, 0.1) is 13.8 Å². The highest BCUT2D eigenvalue weighted by Gasteiger charge is 2.15. The van der Waals surface area contributed by atoms with Gasteiger partial charge < -0.3 is 20.7 Å². The van der Waals surface area contributed by atoms with Crippen LogP contribution in [0.2, 0.25) is 5.02 Å². The topological polar surface area (TPSA) is 135 Å². The molecule has 2 amide bonds. The molecule has 3 N–H and O–H groups in total. The fraction of sp³-hybridized carbons (Fsp3) is 0.200. The lowest BCUT2D eigenvalue weighted by atomic mass is 10.2. The van der Waals surface area contributed by atoms with Crippen LogP contribution >= 0.6 is 22.9 Å². The summed E-state index contributed by atoms with van der Waals surface area (Å²) < 4.78 is 4.47. The maximum absolute atomic E-state index is 12.6. The number of para-hydroxylation sites is 1. The lowest BCUT2D eigenvalue weighted by Gasteiger charge is -2.09. The first-order valence-corrected chi connectivity index (χ1v) is 10.5. The van der Waals surface area contributed by atoms with Gasteiger partial charge in [-0.2, -0.15) is 0 Å². The van der Waals surface area contributed by atoms with E-state index in [0.29, 0.717) is 32.4 Å². The molecule has 0 aliphatic rings. The number of carbonyl (C=O) groups excluding carboxylic acids is 3. The molecule has 0 aliphatic carbocycles. The molecule has 0 saturated carbocycles. The number of halogens is 1. The van der Waals surface area contributed by atoms with Gasteiger partial charge in [-0.1, -0.05) is 35.1 Å². The molecule has 0 fully saturated rings. The molecule has 0 radical (unpaired) electrons. The molecule has 0 unspecified atom stereocenters. The summed E-state index contributed by atoms with van der Waals surface area (Å²) in [7, 11) is 1.20. The molecule has 3 aromatic rings. The molecule has 2 heterocycles. The lowest BCUT2D eigenvalue weighted by Crippen LogP contribution is -2.18. The molecule has 1 aromatic carbocycles. The summed E-state index contributed by atoms with van der Waals surface area (Å²) in [5, 5.41) is 9.14. The third-order valence-electron chi connectivity index (χ3n) is 4.06. The van der Waals surface area contributed by atoms with Crippen LogP contribution in [0.25, 0.3) is 0 Å². The van der Waals surface area contributed by atoms with Crippen LogP contribution in [0.1, 0.15) is 27.5 Å². The molecule has 32 heavy (non-hydrogen) atoms. The molecule has 10 nitrogen and oxygen atoms in total. The highest BCUT2D eigenvalue weighted by Crippen LogP contribution is 2.28. The van der Waals surface area contributed by atoms with E-state index < -0.39 is 18.3 Å². The van der Waals surface area contributed by atoms with E-state index in [9.17, 15) is 14.4 Å². The monoisotopic (exact) mass is 474 g/mol. The first-order chi connectivity index (χ1) is 15.2. The SMILES string of the molecule is COC(=O)CC(=O)Nc1cc(Nc2ncc(C(=O)Nc3c(C)cccc3Cl)s2)nc(C)n1. The van der Waals surface area contributed by atoms with Crippen LogP contribution in [0.5, 0.6) is 0 Å². The Hall–Kier alpha value is -3.57. The number of rotatable bonds is 7. The molecule has 0 bridgehead atoms. The third kappa shape index (κ3) is 5.99. The van der Waals surface area contributed by atoms with Crippen molar-refractivity contribution in [2.24, 2.45) is 0 Å². The van der Waals surface area contributed by atoms with Crippen LogP contribution in [0.3, 0.4) is 0 Å². The standard InChI is InChI=1S/C20H19ClN6O4S/c1-10-5-4-6-12(21)18(10)27-19(30)13-9-22-20(32-13)26-15-7-14(23-11(2)24-15)25-16(28)8-17(29)31-3/h4-7,9H,8H2,1-3H3,(H,27,30)(H2,22,23,24,25,26,28). The van der Waals surface area contributed by atoms with Gasteiger partial charge in [0.1, 0.15) is 28.8 Å². The van der Waals surface area contributed by atoms with Gasteiger partial charge in [0.05, 0.1) is 24.0 Å². The Bertz CT molecular complexity index is 1160. The molecule has 12 heteroatoms. The number of nitrogens with one attached hydrogen (secondary N) is 3. The number of anilines is 4. The quantitative estimate of drug-likeness (QED) is 0.348. The Balaban J connectivity index is 1.69. The maximum Gasteiger partial charge on any atom is 0.315 e. The summed E-state index contributed by atoms with van der Waals surface area (Å²) >= 11 is 7.28. The van der Waals surface area contributed by atoms with Crippen molar-refractivity contribution in [3.05, 3.63) is 51.7 Å². The number of aromatic nitrogens is 3. The number of aryl methyl sites for hydroxylation is 2. The van der Waals surface area contributed by atoms with Crippen molar-refractivity contribution in [1.82, 2.24) is 15.0 Å². The number of amides is 2. The molecule has 0 aliphatic heterocycles. The van der Waals surface area contributed by atoms with Gasteiger partial charge in [0.25, 0.3) is 5.91 Å². The average molecular weight is 475 g/mol. The van der Waals surface area contributed by atoms with Crippen molar-refractivity contribution in [2.45, 2.75) is 20.3 Å². The number of benzene rings is 1. The normalized spacial score (nSPS) is 10.4. The zero-order valence-corrected chi connectivity index (χ0v) is 18.9. The van der Waals surface area contributed by atoms with Crippen LogP contribution < -0.4 is 16.0 Å². The van der Waals surface area contributed by atoms with Gasteiger partial charge in [-0.25, -0.2) is 15.0 Å². The molecular formula is C20H19ClN6O4S. The number of methoxy groups -OCH3 is 1. The maximum atomic E-state index is 12.6. The second kappa shape index (κ2) is 10.2. The highest BCUT2D eigenvalue weighted by molar-refractivity contribution is 7.17. The van der Waals surface area contributed by atoms with Crippen molar-refractivity contribution in [3.8, 4) is 0 Å². The number of carbonyl (C=O) groups is 3. The minimum absolute atomic E-state index is 0.206. The fourth-order valence-electron chi connectivity index (χ4n) is 2.60. The van der Waals surface area contributed by atoms with Crippen LogP contribution in [-0.4, -0.2) is 39.8 Å². The van der Waals surface area contributed by atoms with Crippen molar-refractivity contribution >= 4 is 63.2 Å². The molecule has 0 spiro atoms. The molecule has 0 saturated heterocycles. The van der Waals surface area contributed by atoms with Gasteiger partial charge in [-0.3, -0.25) is 14.4 Å². The minimum atomic E-state index is -0.660. The zero-order chi connectivity index (χ0) is 23.3. The summed E-state index contributed by atoms with van der Waals surface area (Å²) in [6, 6.07) is 6.83. The Kier molecular flexibility index (Phi) is 7.33. The molecule has 3 rings (SSSR count). The van der Waals surface area contributed by atoms with Crippen molar-refractivity contribution in [3.63, 3.8) is 0 Å². The average Bonchev–Trinajstić information content (AvgIpc) is 3.18. The number of hydrogen-bond acceptors (Lipinski definition) is 9. The van der Waals surface area contributed by atoms with Crippen molar-refractivity contribution in [1.29, 1.82) is 0 Å². The van der Waals surface area contributed by atoms with E-state index in [1.54, 1.807) is 19.1 Å². The molecular weight excluding hydrogens is 456 g/mol. The Labute approximate surface area is 192 Å². The van der Waals surface area contributed by atoms with E-state index in [2.05, 4.69) is 35.6 Å². The molecule has 0 atom stereocenters. The van der Waals surface area contributed by atoms with Gasteiger partial charge in [-0.15, -0.1) is 0 Å². The Morgan fingerprint density at radius 3 is 2.59 bits per heavy atom. The number of hydrogen-bond donors (Lipinski definition) is 3. The first-order valence-electron chi connectivity index (χ1n) is 9.27.